The monoisotopic (exact) mass is 479 g/mol. The summed E-state index contributed by atoms with van der Waals surface area (Å²) in [6.45, 7) is -0.274. The summed E-state index contributed by atoms with van der Waals surface area (Å²) >= 11 is 3.05. The van der Waals surface area contributed by atoms with Gasteiger partial charge in [-0.3, -0.25) is 10.7 Å². The zero-order valence-electron chi connectivity index (χ0n) is 15.4. The van der Waals surface area contributed by atoms with Gasteiger partial charge in [0.1, 0.15) is 17.3 Å². The number of hydroxylamine groups is 1. The van der Waals surface area contributed by atoms with Gasteiger partial charge in [0.25, 0.3) is 0 Å². The van der Waals surface area contributed by atoms with E-state index in [4.69, 9.17) is 15.1 Å². The van der Waals surface area contributed by atoms with E-state index in [9.17, 15) is 14.0 Å². The standard InChI is InChI=1S/C19H16BrF2N5O3/c20-14-8-13(3-4-15(14)21)24-19(25-29)18-17(26-30-27-18)7-12(23)6-11-2-1-10(9-28)5-16(11)22/h1-5,8,23,28-29H,6-7,9H2,(H,24,25). The molecule has 11 heteroatoms. The zero-order valence-corrected chi connectivity index (χ0v) is 16.9. The summed E-state index contributed by atoms with van der Waals surface area (Å²) in [5.41, 5.74) is 3.31. The van der Waals surface area contributed by atoms with Gasteiger partial charge >= 0.3 is 0 Å². The van der Waals surface area contributed by atoms with Crippen LogP contribution in [0, 0.1) is 17.0 Å². The second-order valence-electron chi connectivity index (χ2n) is 6.27. The zero-order chi connectivity index (χ0) is 21.7. The van der Waals surface area contributed by atoms with E-state index in [1.165, 1.54) is 30.3 Å². The van der Waals surface area contributed by atoms with Gasteiger partial charge in [-0.2, -0.15) is 0 Å². The third kappa shape index (κ3) is 5.12. The summed E-state index contributed by atoms with van der Waals surface area (Å²) in [6, 6.07) is 8.30. The Morgan fingerprint density at radius 2 is 1.93 bits per heavy atom. The molecule has 0 spiro atoms. The second kappa shape index (κ2) is 9.65. The van der Waals surface area contributed by atoms with Gasteiger partial charge in [-0.25, -0.2) is 18.4 Å². The number of nitrogens with zero attached hydrogens (tertiary/aromatic N) is 3. The first kappa shape index (κ1) is 21.7. The summed E-state index contributed by atoms with van der Waals surface area (Å²) in [4.78, 5) is 4.15. The first-order chi connectivity index (χ1) is 14.4. The number of aliphatic hydroxyl groups is 1. The van der Waals surface area contributed by atoms with Gasteiger partial charge < -0.3 is 10.5 Å². The number of amidine groups is 1. The van der Waals surface area contributed by atoms with Crippen LogP contribution in [-0.4, -0.2) is 32.2 Å². The maximum Gasteiger partial charge on any atom is 0.182 e. The molecule has 0 fully saturated rings. The van der Waals surface area contributed by atoms with Crippen LogP contribution in [0.4, 0.5) is 14.5 Å². The summed E-state index contributed by atoms with van der Waals surface area (Å²) in [7, 11) is 0. The van der Waals surface area contributed by atoms with Crippen molar-refractivity contribution < 1.29 is 23.7 Å². The van der Waals surface area contributed by atoms with E-state index in [1.807, 2.05) is 5.48 Å². The fraction of sp³-hybridized carbons (Fsp3) is 0.158. The summed E-state index contributed by atoms with van der Waals surface area (Å²) in [6.07, 6.45) is -0.0262. The summed E-state index contributed by atoms with van der Waals surface area (Å²) < 4.78 is 32.4. The Labute approximate surface area is 177 Å². The number of rotatable bonds is 7. The van der Waals surface area contributed by atoms with Crippen LogP contribution in [0.25, 0.3) is 0 Å². The highest BCUT2D eigenvalue weighted by Crippen LogP contribution is 2.23. The van der Waals surface area contributed by atoms with Crippen molar-refractivity contribution in [1.82, 2.24) is 15.8 Å². The van der Waals surface area contributed by atoms with Gasteiger partial charge in [0.05, 0.1) is 16.8 Å². The minimum absolute atomic E-state index is 0.00772. The van der Waals surface area contributed by atoms with E-state index >= 15 is 0 Å². The van der Waals surface area contributed by atoms with E-state index in [0.29, 0.717) is 16.8 Å². The van der Waals surface area contributed by atoms with Crippen molar-refractivity contribution in [3.05, 3.63) is 75.0 Å². The van der Waals surface area contributed by atoms with Crippen molar-refractivity contribution in [2.75, 3.05) is 0 Å². The lowest BCUT2D eigenvalue weighted by Crippen LogP contribution is -2.23. The normalized spacial score (nSPS) is 11.6. The second-order valence-corrected chi connectivity index (χ2v) is 7.13. The highest BCUT2D eigenvalue weighted by atomic mass is 79.9. The fourth-order valence-corrected chi connectivity index (χ4v) is 3.01. The predicted octanol–water partition coefficient (Wildman–Crippen LogP) is 3.46. The first-order valence-electron chi connectivity index (χ1n) is 8.61. The smallest absolute Gasteiger partial charge is 0.182 e. The first-order valence-corrected chi connectivity index (χ1v) is 9.40. The lowest BCUT2D eigenvalue weighted by atomic mass is 10.0. The number of hydrogen-bond acceptors (Lipinski definition) is 7. The molecule has 3 aromatic rings. The molecular weight excluding hydrogens is 464 g/mol. The molecule has 0 saturated carbocycles. The maximum absolute atomic E-state index is 14.1. The summed E-state index contributed by atoms with van der Waals surface area (Å²) in [5, 5.41) is 34.1. The largest absolute Gasteiger partial charge is 0.392 e. The molecule has 1 aromatic heterocycles. The van der Waals surface area contributed by atoms with Gasteiger partial charge in [0.2, 0.25) is 0 Å². The van der Waals surface area contributed by atoms with Crippen molar-refractivity contribution in [2.45, 2.75) is 19.4 Å². The number of hydrogen-bond donors (Lipinski definition) is 4. The van der Waals surface area contributed by atoms with Gasteiger partial charge in [-0.15, -0.1) is 0 Å². The Morgan fingerprint density at radius 1 is 1.13 bits per heavy atom. The molecular formula is C19H16BrF2N5O3. The van der Waals surface area contributed by atoms with E-state index < -0.39 is 11.6 Å². The van der Waals surface area contributed by atoms with E-state index in [0.717, 1.165) is 0 Å². The molecule has 0 radical (unpaired) electrons. The molecule has 8 nitrogen and oxygen atoms in total. The van der Waals surface area contributed by atoms with Crippen LogP contribution in [0.5, 0.6) is 0 Å². The lowest BCUT2D eigenvalue weighted by Gasteiger charge is -2.07. The Hall–Kier alpha value is -3.02. The number of benzene rings is 2. The molecule has 2 aromatic carbocycles. The van der Waals surface area contributed by atoms with Gasteiger partial charge in [0.15, 0.2) is 11.5 Å². The van der Waals surface area contributed by atoms with Crippen molar-refractivity contribution in [3.63, 3.8) is 0 Å². The van der Waals surface area contributed by atoms with Crippen LogP contribution in [0.1, 0.15) is 22.5 Å². The molecule has 0 aliphatic carbocycles. The molecule has 0 aliphatic heterocycles. The molecule has 156 valence electrons. The highest BCUT2D eigenvalue weighted by molar-refractivity contribution is 9.10. The molecule has 0 aliphatic rings. The Bertz CT molecular complexity index is 1100. The molecule has 1 heterocycles. The minimum atomic E-state index is -0.522. The van der Waals surface area contributed by atoms with Crippen LogP contribution < -0.4 is 5.48 Å². The number of aliphatic imine (C=N–C) groups is 1. The fourth-order valence-electron chi connectivity index (χ4n) is 2.64. The highest BCUT2D eigenvalue weighted by Gasteiger charge is 2.19. The Balaban J connectivity index is 1.79. The average molecular weight is 480 g/mol. The van der Waals surface area contributed by atoms with E-state index in [-0.39, 0.29) is 46.9 Å². The van der Waals surface area contributed by atoms with Crippen LogP contribution in [0.15, 0.2) is 50.5 Å². The average Bonchev–Trinajstić information content (AvgIpc) is 3.18. The van der Waals surface area contributed by atoms with Crippen molar-refractivity contribution >= 4 is 33.2 Å². The Morgan fingerprint density at radius 3 is 2.60 bits per heavy atom. The van der Waals surface area contributed by atoms with Crippen molar-refractivity contribution in [2.24, 2.45) is 4.99 Å². The molecule has 0 amide bonds. The van der Waals surface area contributed by atoms with Crippen LogP contribution in [0.2, 0.25) is 0 Å². The van der Waals surface area contributed by atoms with Crippen LogP contribution in [0.3, 0.4) is 0 Å². The van der Waals surface area contributed by atoms with E-state index in [2.05, 4.69) is 31.2 Å². The topological polar surface area (TPSA) is 128 Å². The molecule has 0 saturated heterocycles. The quantitative estimate of drug-likeness (QED) is 0.233. The predicted molar refractivity (Wildman–Crippen MR) is 107 cm³/mol. The number of halogens is 3. The molecule has 0 unspecified atom stereocenters. The summed E-state index contributed by atoms with van der Waals surface area (Å²) in [5.74, 6) is -1.11. The van der Waals surface area contributed by atoms with E-state index in [1.54, 1.807) is 6.07 Å². The maximum atomic E-state index is 14.1. The SMILES string of the molecule is N=C(Cc1ccc(CO)cc1F)Cc1nonc1C(=Nc1ccc(F)c(Br)c1)NO. The Kier molecular flexibility index (Phi) is 6.98. The molecule has 3 rings (SSSR count). The van der Waals surface area contributed by atoms with Gasteiger partial charge in [-0.05, 0) is 56.5 Å². The third-order valence-electron chi connectivity index (χ3n) is 4.12. The number of nitrogens with one attached hydrogen (secondary N) is 2. The molecule has 0 atom stereocenters. The lowest BCUT2D eigenvalue weighted by molar-refractivity contribution is 0.234. The number of aliphatic hydroxyl groups excluding tert-OH is 1. The van der Waals surface area contributed by atoms with Crippen molar-refractivity contribution in [3.8, 4) is 0 Å². The van der Waals surface area contributed by atoms with Crippen LogP contribution in [-0.2, 0) is 19.4 Å². The van der Waals surface area contributed by atoms with Gasteiger partial charge in [-0.1, -0.05) is 17.3 Å². The molecule has 30 heavy (non-hydrogen) atoms. The van der Waals surface area contributed by atoms with Crippen molar-refractivity contribution in [1.29, 1.82) is 5.41 Å². The van der Waals surface area contributed by atoms with Crippen LogP contribution >= 0.6 is 15.9 Å². The third-order valence-corrected chi connectivity index (χ3v) is 4.72. The number of aromatic nitrogens is 2. The van der Waals surface area contributed by atoms with Gasteiger partial charge in [0, 0.05) is 18.6 Å². The minimum Gasteiger partial charge on any atom is -0.392 e. The molecule has 4 N–H and O–H groups in total. The molecule has 0 bridgehead atoms.